The molecule has 0 bridgehead atoms. The van der Waals surface area contributed by atoms with Gasteiger partial charge in [0.25, 0.3) is 0 Å². The molecule has 0 saturated carbocycles. The molecule has 2 atom stereocenters. The van der Waals surface area contributed by atoms with Crippen molar-refractivity contribution in [3.63, 3.8) is 0 Å². The highest BCUT2D eigenvalue weighted by Gasteiger charge is 2.31. The van der Waals surface area contributed by atoms with E-state index >= 15 is 0 Å². The molecule has 24 heavy (non-hydrogen) atoms. The third-order valence-electron chi connectivity index (χ3n) is 4.38. The van der Waals surface area contributed by atoms with Crippen LogP contribution in [0.25, 0.3) is 0 Å². The lowest BCUT2D eigenvalue weighted by Gasteiger charge is -2.32. The molecule has 3 rings (SSSR count). The average Bonchev–Trinajstić information content (AvgIpc) is 2.99. The second kappa shape index (κ2) is 6.37. The van der Waals surface area contributed by atoms with Crippen molar-refractivity contribution in [3.05, 3.63) is 47.3 Å². The van der Waals surface area contributed by atoms with Gasteiger partial charge in [0.2, 0.25) is 0 Å². The van der Waals surface area contributed by atoms with Gasteiger partial charge in [-0.3, -0.25) is 0 Å². The van der Waals surface area contributed by atoms with Crippen LogP contribution < -0.4 is 22.1 Å². The topological polar surface area (TPSA) is 91.7 Å². The van der Waals surface area contributed by atoms with E-state index in [1.54, 1.807) is 6.08 Å². The molecule has 2 aliphatic rings. The molecule has 2 heterocycles. The number of nitrogens with zero attached hydrogens (tertiary/aromatic N) is 2. The molecule has 1 aromatic rings. The van der Waals surface area contributed by atoms with Gasteiger partial charge in [0.1, 0.15) is 11.5 Å². The van der Waals surface area contributed by atoms with E-state index in [-0.39, 0.29) is 12.4 Å². The SMILES string of the molecule is CN[C@@H]1CCN(C2=CC(N)(Cc3ccc(F)c(F)c3)N=C(N)N2)C1. The maximum atomic E-state index is 13.4. The Morgan fingerprint density at radius 1 is 1.42 bits per heavy atom. The van der Waals surface area contributed by atoms with Gasteiger partial charge in [0.15, 0.2) is 17.6 Å². The first-order valence-corrected chi connectivity index (χ1v) is 7.89. The summed E-state index contributed by atoms with van der Waals surface area (Å²) in [5.41, 5.74) is 11.7. The van der Waals surface area contributed by atoms with E-state index in [0.717, 1.165) is 37.5 Å². The first-order valence-electron chi connectivity index (χ1n) is 7.89. The van der Waals surface area contributed by atoms with Gasteiger partial charge in [-0.25, -0.2) is 13.8 Å². The minimum atomic E-state index is -1.10. The summed E-state index contributed by atoms with van der Waals surface area (Å²) in [6, 6.07) is 4.13. The van der Waals surface area contributed by atoms with Gasteiger partial charge in [-0.05, 0) is 37.2 Å². The van der Waals surface area contributed by atoms with E-state index in [4.69, 9.17) is 11.5 Å². The van der Waals surface area contributed by atoms with E-state index < -0.39 is 17.3 Å². The second-order valence-corrected chi connectivity index (χ2v) is 6.29. The third kappa shape index (κ3) is 3.49. The molecule has 1 aromatic carbocycles. The average molecular weight is 336 g/mol. The van der Waals surface area contributed by atoms with E-state index in [9.17, 15) is 8.78 Å². The zero-order valence-electron chi connectivity index (χ0n) is 13.5. The highest BCUT2D eigenvalue weighted by Crippen LogP contribution is 2.23. The summed E-state index contributed by atoms with van der Waals surface area (Å²) in [6.45, 7) is 1.71. The van der Waals surface area contributed by atoms with Crippen molar-refractivity contribution in [1.82, 2.24) is 15.5 Å². The molecule has 0 radical (unpaired) electrons. The number of rotatable bonds is 4. The molecule has 0 spiro atoms. The number of nitrogens with two attached hydrogens (primary N) is 2. The van der Waals surface area contributed by atoms with Crippen LogP contribution in [0.3, 0.4) is 0 Å². The van der Waals surface area contributed by atoms with E-state index in [1.165, 1.54) is 6.07 Å². The van der Waals surface area contributed by atoms with Crippen molar-refractivity contribution in [3.8, 4) is 0 Å². The molecule has 6 nitrogen and oxygen atoms in total. The minimum Gasteiger partial charge on any atom is -0.370 e. The van der Waals surface area contributed by atoms with Crippen LogP contribution in [0.15, 0.2) is 35.1 Å². The van der Waals surface area contributed by atoms with Crippen LogP contribution in [0.5, 0.6) is 0 Å². The fourth-order valence-corrected chi connectivity index (χ4v) is 3.14. The Morgan fingerprint density at radius 2 is 2.21 bits per heavy atom. The molecule has 1 unspecified atom stereocenters. The Hall–Kier alpha value is -2.19. The molecule has 1 fully saturated rings. The lowest BCUT2D eigenvalue weighted by atomic mass is 9.99. The predicted molar refractivity (Wildman–Crippen MR) is 88.9 cm³/mol. The summed E-state index contributed by atoms with van der Waals surface area (Å²) in [5, 5.41) is 6.29. The highest BCUT2D eigenvalue weighted by molar-refractivity contribution is 5.81. The fraction of sp³-hybridized carbons (Fsp3) is 0.438. The van der Waals surface area contributed by atoms with Gasteiger partial charge in [-0.15, -0.1) is 0 Å². The first kappa shape index (κ1) is 16.7. The fourth-order valence-electron chi connectivity index (χ4n) is 3.14. The summed E-state index contributed by atoms with van der Waals surface area (Å²) in [4.78, 5) is 6.40. The van der Waals surface area contributed by atoms with Crippen molar-refractivity contribution in [2.45, 2.75) is 24.5 Å². The third-order valence-corrected chi connectivity index (χ3v) is 4.38. The Balaban J connectivity index is 1.81. The Labute approximate surface area is 139 Å². The molecule has 130 valence electrons. The molecule has 6 N–H and O–H groups in total. The zero-order valence-corrected chi connectivity index (χ0v) is 13.5. The zero-order chi connectivity index (χ0) is 17.3. The van der Waals surface area contributed by atoms with E-state index in [0.29, 0.717) is 11.6 Å². The van der Waals surface area contributed by atoms with Gasteiger partial charge in [0, 0.05) is 25.6 Å². The second-order valence-electron chi connectivity index (χ2n) is 6.29. The number of likely N-dealkylation sites (N-methyl/N-ethyl adjacent to an activating group) is 1. The molecular formula is C16H22F2N6. The van der Waals surface area contributed by atoms with Gasteiger partial charge < -0.3 is 27.0 Å². The smallest absolute Gasteiger partial charge is 0.196 e. The number of likely N-dealkylation sites (tertiary alicyclic amines) is 1. The largest absolute Gasteiger partial charge is 0.370 e. The number of benzene rings is 1. The molecule has 8 heteroatoms. The van der Waals surface area contributed by atoms with Crippen molar-refractivity contribution in [1.29, 1.82) is 0 Å². The van der Waals surface area contributed by atoms with Crippen molar-refractivity contribution in [2.75, 3.05) is 20.1 Å². The first-order chi connectivity index (χ1) is 11.4. The van der Waals surface area contributed by atoms with Crippen LogP contribution in [0.1, 0.15) is 12.0 Å². The van der Waals surface area contributed by atoms with Crippen LogP contribution in [0, 0.1) is 11.6 Å². The molecule has 1 saturated heterocycles. The predicted octanol–water partition coefficient (Wildman–Crippen LogP) is 0.215. The maximum Gasteiger partial charge on any atom is 0.196 e. The normalized spacial score (nSPS) is 26.8. The molecular weight excluding hydrogens is 314 g/mol. The maximum absolute atomic E-state index is 13.4. The summed E-state index contributed by atoms with van der Waals surface area (Å²) >= 11 is 0. The summed E-state index contributed by atoms with van der Waals surface area (Å²) in [5.74, 6) is -0.775. The number of hydrogen-bond acceptors (Lipinski definition) is 6. The van der Waals surface area contributed by atoms with Crippen LogP contribution in [0.4, 0.5) is 8.78 Å². The number of aliphatic imine (C=N–C) groups is 1. The molecule has 0 aromatic heterocycles. The Morgan fingerprint density at radius 3 is 2.88 bits per heavy atom. The lowest BCUT2D eigenvalue weighted by molar-refractivity contribution is 0.377. The van der Waals surface area contributed by atoms with Gasteiger partial charge in [-0.1, -0.05) is 6.07 Å². The number of hydrogen-bond donors (Lipinski definition) is 4. The summed E-state index contributed by atoms with van der Waals surface area (Å²) < 4.78 is 26.5. The van der Waals surface area contributed by atoms with E-state index in [1.807, 2.05) is 7.05 Å². The van der Waals surface area contributed by atoms with Crippen LogP contribution >= 0.6 is 0 Å². The number of nitrogens with one attached hydrogen (secondary N) is 2. The number of halogens is 2. The Kier molecular flexibility index (Phi) is 4.42. The van der Waals surface area contributed by atoms with Gasteiger partial charge in [0.05, 0.1) is 0 Å². The standard InChI is InChI=1S/C16H22F2N6/c1-21-11-4-5-24(9-11)14-8-16(20,23-15(19)22-14)7-10-2-3-12(17)13(18)6-10/h2-3,6,8,11,21H,4-5,7,9,20H2,1H3,(H3,19,22,23)/t11-,16?/m1/s1. The van der Waals surface area contributed by atoms with Crippen LogP contribution in [-0.2, 0) is 6.42 Å². The highest BCUT2D eigenvalue weighted by atomic mass is 19.2. The van der Waals surface area contributed by atoms with Gasteiger partial charge >= 0.3 is 0 Å². The van der Waals surface area contributed by atoms with Crippen molar-refractivity contribution in [2.24, 2.45) is 16.5 Å². The lowest BCUT2D eigenvalue weighted by Crippen LogP contribution is -2.51. The van der Waals surface area contributed by atoms with Crippen LogP contribution in [-0.4, -0.2) is 42.7 Å². The minimum absolute atomic E-state index is 0.213. The molecule has 2 aliphatic heterocycles. The van der Waals surface area contributed by atoms with Crippen LogP contribution in [0.2, 0.25) is 0 Å². The Bertz CT molecular complexity index is 689. The molecule has 0 aliphatic carbocycles. The van der Waals surface area contributed by atoms with Gasteiger partial charge in [-0.2, -0.15) is 0 Å². The van der Waals surface area contributed by atoms with Crippen molar-refractivity contribution < 1.29 is 8.78 Å². The summed E-state index contributed by atoms with van der Waals surface area (Å²) in [7, 11) is 1.93. The van der Waals surface area contributed by atoms with E-state index in [2.05, 4.69) is 20.5 Å². The number of guanidine groups is 1. The summed E-state index contributed by atoms with van der Waals surface area (Å²) in [6.07, 6.45) is 3.04. The monoisotopic (exact) mass is 336 g/mol. The quantitative estimate of drug-likeness (QED) is 0.631. The molecule has 0 amide bonds. The van der Waals surface area contributed by atoms with Crippen molar-refractivity contribution >= 4 is 5.96 Å².